The summed E-state index contributed by atoms with van der Waals surface area (Å²) in [4.78, 5) is 17.9. The number of hydrogen-bond acceptors (Lipinski definition) is 3. The fourth-order valence-electron chi connectivity index (χ4n) is 2.98. The van der Waals surface area contributed by atoms with E-state index in [9.17, 15) is 9.18 Å². The van der Waals surface area contributed by atoms with Gasteiger partial charge in [0.2, 0.25) is 5.91 Å². The molecule has 4 nitrogen and oxygen atoms in total. The molecule has 3 heterocycles. The monoisotopic (exact) mass is 264 g/mol. The van der Waals surface area contributed by atoms with Crippen molar-refractivity contribution in [2.45, 2.75) is 32.0 Å². The standard InChI is InChI=1S/C14H17FN2O2/c1-9-4-10-7-17(8-13(10)19-9)14(18)5-12-3-2-11(15)6-16-12/h2-3,6,9-10,13H,4-5,7-8H2,1H3/t9-,10+,13-/m0/s1. The molecular formula is C14H17FN2O2. The van der Waals surface area contributed by atoms with Crippen molar-refractivity contribution in [2.75, 3.05) is 13.1 Å². The van der Waals surface area contributed by atoms with E-state index in [1.54, 1.807) is 6.07 Å². The molecule has 1 amide bonds. The fraction of sp³-hybridized carbons (Fsp3) is 0.571. The summed E-state index contributed by atoms with van der Waals surface area (Å²) in [5.74, 6) is 0.138. The maximum atomic E-state index is 12.7. The summed E-state index contributed by atoms with van der Waals surface area (Å²) in [6.45, 7) is 3.52. The van der Waals surface area contributed by atoms with Crippen molar-refractivity contribution in [3.63, 3.8) is 0 Å². The molecule has 0 aromatic carbocycles. The van der Waals surface area contributed by atoms with Gasteiger partial charge in [0.05, 0.1) is 24.8 Å². The van der Waals surface area contributed by atoms with Crippen molar-refractivity contribution in [1.29, 1.82) is 0 Å². The first-order valence-corrected chi connectivity index (χ1v) is 6.65. The molecule has 3 rings (SSSR count). The summed E-state index contributed by atoms with van der Waals surface area (Å²) in [5, 5.41) is 0. The number of carbonyl (C=O) groups excluding carboxylic acids is 1. The topological polar surface area (TPSA) is 42.4 Å². The highest BCUT2D eigenvalue weighted by Crippen LogP contribution is 2.32. The third-order valence-corrected chi connectivity index (χ3v) is 3.90. The van der Waals surface area contributed by atoms with Crippen LogP contribution in [0, 0.1) is 11.7 Å². The molecule has 0 unspecified atom stereocenters. The maximum absolute atomic E-state index is 12.7. The van der Waals surface area contributed by atoms with Crippen LogP contribution in [0.15, 0.2) is 18.3 Å². The van der Waals surface area contributed by atoms with E-state index in [1.807, 2.05) is 4.90 Å². The number of likely N-dealkylation sites (tertiary alicyclic amines) is 1. The highest BCUT2D eigenvalue weighted by molar-refractivity contribution is 5.78. The van der Waals surface area contributed by atoms with Gasteiger partial charge in [0.25, 0.3) is 0 Å². The van der Waals surface area contributed by atoms with Crippen molar-refractivity contribution < 1.29 is 13.9 Å². The van der Waals surface area contributed by atoms with Crippen molar-refractivity contribution >= 4 is 5.91 Å². The number of fused-ring (bicyclic) bond motifs is 1. The molecule has 2 fully saturated rings. The van der Waals surface area contributed by atoms with E-state index < -0.39 is 0 Å². The molecule has 0 bridgehead atoms. The lowest BCUT2D eigenvalue weighted by molar-refractivity contribution is -0.130. The molecule has 5 heteroatoms. The number of nitrogens with zero attached hydrogens (tertiary/aromatic N) is 2. The zero-order chi connectivity index (χ0) is 13.4. The van der Waals surface area contributed by atoms with Gasteiger partial charge in [-0.25, -0.2) is 4.39 Å². The van der Waals surface area contributed by atoms with E-state index in [1.165, 1.54) is 6.07 Å². The number of pyridine rings is 1. The first-order valence-electron chi connectivity index (χ1n) is 6.65. The summed E-state index contributed by atoms with van der Waals surface area (Å²) in [6, 6.07) is 2.89. The molecule has 0 N–H and O–H groups in total. The number of rotatable bonds is 2. The predicted octanol–water partition coefficient (Wildman–Crippen LogP) is 1.40. The van der Waals surface area contributed by atoms with Crippen LogP contribution >= 0.6 is 0 Å². The molecule has 0 saturated carbocycles. The smallest absolute Gasteiger partial charge is 0.228 e. The molecule has 1 aromatic heterocycles. The number of hydrogen-bond donors (Lipinski definition) is 0. The zero-order valence-corrected chi connectivity index (χ0v) is 10.9. The van der Waals surface area contributed by atoms with Gasteiger partial charge in [-0.3, -0.25) is 9.78 Å². The first kappa shape index (κ1) is 12.5. The Kier molecular flexibility index (Phi) is 3.22. The largest absolute Gasteiger partial charge is 0.373 e. The quantitative estimate of drug-likeness (QED) is 0.811. The second-order valence-corrected chi connectivity index (χ2v) is 5.42. The minimum atomic E-state index is -0.380. The Balaban J connectivity index is 1.59. The van der Waals surface area contributed by atoms with Crippen LogP contribution in [0.1, 0.15) is 19.0 Å². The van der Waals surface area contributed by atoms with Crippen LogP contribution < -0.4 is 0 Å². The van der Waals surface area contributed by atoms with E-state index in [0.717, 1.165) is 19.2 Å². The molecule has 2 saturated heterocycles. The Bertz CT molecular complexity index is 463. The van der Waals surface area contributed by atoms with Crippen LogP contribution in [0.4, 0.5) is 4.39 Å². The van der Waals surface area contributed by atoms with Crippen LogP contribution in [-0.4, -0.2) is 41.1 Å². The molecule has 3 atom stereocenters. The van der Waals surface area contributed by atoms with Crippen LogP contribution in [0.25, 0.3) is 0 Å². The van der Waals surface area contributed by atoms with Gasteiger partial charge in [0, 0.05) is 24.7 Å². The molecule has 0 spiro atoms. The second-order valence-electron chi connectivity index (χ2n) is 5.42. The van der Waals surface area contributed by atoms with Gasteiger partial charge in [-0.15, -0.1) is 0 Å². The highest BCUT2D eigenvalue weighted by atomic mass is 19.1. The summed E-state index contributed by atoms with van der Waals surface area (Å²) in [7, 11) is 0. The average Bonchev–Trinajstić information content (AvgIpc) is 2.89. The number of aromatic nitrogens is 1. The number of ether oxygens (including phenoxy) is 1. The van der Waals surface area contributed by atoms with E-state index >= 15 is 0 Å². The Labute approximate surface area is 111 Å². The van der Waals surface area contributed by atoms with Crippen LogP contribution in [0.5, 0.6) is 0 Å². The Morgan fingerprint density at radius 1 is 1.53 bits per heavy atom. The summed E-state index contributed by atoms with van der Waals surface area (Å²) < 4.78 is 18.5. The first-order chi connectivity index (χ1) is 9.11. The fourth-order valence-corrected chi connectivity index (χ4v) is 2.98. The third-order valence-electron chi connectivity index (χ3n) is 3.90. The molecule has 102 valence electrons. The Hall–Kier alpha value is -1.49. The van der Waals surface area contributed by atoms with Gasteiger partial charge >= 0.3 is 0 Å². The van der Waals surface area contributed by atoms with E-state index in [2.05, 4.69) is 11.9 Å². The van der Waals surface area contributed by atoms with E-state index in [-0.39, 0.29) is 24.2 Å². The lowest BCUT2D eigenvalue weighted by Gasteiger charge is -2.18. The SMILES string of the molecule is C[C@H]1C[C@@H]2CN(C(=O)Cc3ccc(F)cn3)C[C@@H]2O1. The molecule has 1 aromatic rings. The van der Waals surface area contributed by atoms with Gasteiger partial charge in [0.1, 0.15) is 5.82 Å². The molecule has 0 radical (unpaired) electrons. The number of halogens is 1. The number of amides is 1. The highest BCUT2D eigenvalue weighted by Gasteiger charge is 2.41. The van der Waals surface area contributed by atoms with Crippen LogP contribution in [0.2, 0.25) is 0 Å². The van der Waals surface area contributed by atoms with Crippen LogP contribution in [-0.2, 0) is 16.0 Å². The predicted molar refractivity (Wildman–Crippen MR) is 66.9 cm³/mol. The lowest BCUT2D eigenvalue weighted by Crippen LogP contribution is -2.32. The molecule has 2 aliphatic heterocycles. The molecule has 0 aliphatic carbocycles. The lowest BCUT2D eigenvalue weighted by atomic mass is 10.0. The summed E-state index contributed by atoms with van der Waals surface area (Å²) >= 11 is 0. The van der Waals surface area contributed by atoms with E-state index in [0.29, 0.717) is 24.3 Å². The van der Waals surface area contributed by atoms with Gasteiger partial charge in [-0.05, 0) is 25.5 Å². The van der Waals surface area contributed by atoms with Crippen molar-refractivity contribution in [2.24, 2.45) is 5.92 Å². The van der Waals surface area contributed by atoms with Gasteiger partial charge in [0.15, 0.2) is 0 Å². The van der Waals surface area contributed by atoms with Crippen molar-refractivity contribution in [3.8, 4) is 0 Å². The van der Waals surface area contributed by atoms with Gasteiger partial charge in [-0.2, -0.15) is 0 Å². The Morgan fingerprint density at radius 3 is 3.05 bits per heavy atom. The minimum Gasteiger partial charge on any atom is -0.373 e. The molecule has 19 heavy (non-hydrogen) atoms. The van der Waals surface area contributed by atoms with Gasteiger partial charge < -0.3 is 9.64 Å². The van der Waals surface area contributed by atoms with E-state index in [4.69, 9.17) is 4.74 Å². The normalized spacial score (nSPS) is 29.6. The van der Waals surface area contributed by atoms with Crippen molar-refractivity contribution in [3.05, 3.63) is 29.8 Å². The van der Waals surface area contributed by atoms with Crippen LogP contribution in [0.3, 0.4) is 0 Å². The minimum absolute atomic E-state index is 0.0461. The molecule has 2 aliphatic rings. The van der Waals surface area contributed by atoms with Crippen molar-refractivity contribution in [1.82, 2.24) is 9.88 Å². The Morgan fingerprint density at radius 2 is 2.37 bits per heavy atom. The third kappa shape index (κ3) is 2.61. The average molecular weight is 264 g/mol. The number of carbonyl (C=O) groups is 1. The summed E-state index contributed by atoms with van der Waals surface area (Å²) in [6.07, 6.45) is 2.91. The summed E-state index contributed by atoms with van der Waals surface area (Å²) in [5.41, 5.74) is 0.609. The maximum Gasteiger partial charge on any atom is 0.228 e. The second kappa shape index (κ2) is 4.89. The van der Waals surface area contributed by atoms with Gasteiger partial charge in [-0.1, -0.05) is 0 Å². The molecular weight excluding hydrogens is 247 g/mol. The zero-order valence-electron chi connectivity index (χ0n) is 10.9.